The Bertz CT molecular complexity index is 1170. The number of benzene rings is 2. The van der Waals surface area contributed by atoms with Crippen LogP contribution in [-0.2, 0) is 12.8 Å². The number of ether oxygens (including phenoxy) is 1. The first-order valence-electron chi connectivity index (χ1n) is 8.29. The number of hydrogen-bond acceptors (Lipinski definition) is 6. The summed E-state index contributed by atoms with van der Waals surface area (Å²) in [5.41, 5.74) is 1.26. The molecule has 0 radical (unpaired) electrons. The Morgan fingerprint density at radius 3 is 2.78 bits per heavy atom. The van der Waals surface area contributed by atoms with Crippen LogP contribution in [0.2, 0.25) is 0 Å². The number of aromatic nitrogens is 5. The van der Waals surface area contributed by atoms with Crippen LogP contribution in [0.4, 0.5) is 0 Å². The second kappa shape index (κ2) is 7.24. The highest BCUT2D eigenvalue weighted by Gasteiger charge is 2.15. The van der Waals surface area contributed by atoms with Gasteiger partial charge in [-0.1, -0.05) is 30.0 Å². The van der Waals surface area contributed by atoms with Crippen molar-refractivity contribution >= 4 is 22.7 Å². The largest absolute Gasteiger partial charge is 0.497 e. The van der Waals surface area contributed by atoms with Crippen LogP contribution < -0.4 is 10.3 Å². The van der Waals surface area contributed by atoms with Crippen LogP contribution in [0.3, 0.4) is 0 Å². The van der Waals surface area contributed by atoms with Crippen LogP contribution in [0, 0.1) is 0 Å². The SMILES string of the molecule is COc1cccc(-n2c(SCc3ncnn3C)nc3ccccc3c2=O)c1. The molecule has 0 spiro atoms. The number of rotatable bonds is 5. The second-order valence-corrected chi connectivity index (χ2v) is 6.78. The third-order valence-corrected chi connectivity index (χ3v) is 5.13. The summed E-state index contributed by atoms with van der Waals surface area (Å²) in [6.07, 6.45) is 1.51. The molecule has 0 aliphatic carbocycles. The summed E-state index contributed by atoms with van der Waals surface area (Å²) in [4.78, 5) is 22.2. The first-order valence-corrected chi connectivity index (χ1v) is 9.28. The number of hydrogen-bond donors (Lipinski definition) is 0. The van der Waals surface area contributed by atoms with Crippen molar-refractivity contribution in [3.63, 3.8) is 0 Å². The molecule has 0 fully saturated rings. The minimum Gasteiger partial charge on any atom is -0.497 e. The average Bonchev–Trinajstić information content (AvgIpc) is 3.11. The second-order valence-electron chi connectivity index (χ2n) is 5.84. The fourth-order valence-corrected chi connectivity index (χ4v) is 3.77. The number of fused-ring (bicyclic) bond motifs is 1. The summed E-state index contributed by atoms with van der Waals surface area (Å²) < 4.78 is 8.64. The monoisotopic (exact) mass is 379 g/mol. The van der Waals surface area contributed by atoms with Crippen LogP contribution in [0.15, 0.2) is 64.8 Å². The number of nitrogens with zero attached hydrogens (tertiary/aromatic N) is 5. The minimum absolute atomic E-state index is 0.116. The van der Waals surface area contributed by atoms with Gasteiger partial charge in [0.2, 0.25) is 0 Å². The highest BCUT2D eigenvalue weighted by atomic mass is 32.2. The van der Waals surface area contributed by atoms with Gasteiger partial charge in [0.1, 0.15) is 17.9 Å². The Hall–Kier alpha value is -3.13. The van der Waals surface area contributed by atoms with Gasteiger partial charge < -0.3 is 4.74 Å². The van der Waals surface area contributed by atoms with Crippen LogP contribution in [0.1, 0.15) is 5.82 Å². The molecule has 0 bridgehead atoms. The molecule has 0 saturated heterocycles. The molecule has 0 N–H and O–H groups in total. The Morgan fingerprint density at radius 1 is 1.15 bits per heavy atom. The standard InChI is InChI=1S/C19H17N5O2S/c1-23-17(20-12-21-23)11-27-19-22-16-9-4-3-8-15(16)18(25)24(19)13-6-5-7-14(10-13)26-2/h3-10,12H,11H2,1-2H3. The molecule has 0 saturated carbocycles. The average molecular weight is 379 g/mol. The zero-order valence-electron chi connectivity index (χ0n) is 14.9. The van der Waals surface area contributed by atoms with E-state index < -0.39 is 0 Å². The summed E-state index contributed by atoms with van der Waals surface area (Å²) in [6, 6.07) is 14.7. The highest BCUT2D eigenvalue weighted by Crippen LogP contribution is 2.25. The minimum atomic E-state index is -0.116. The van der Waals surface area contributed by atoms with E-state index in [1.807, 2.05) is 49.5 Å². The number of thioether (sulfide) groups is 1. The lowest BCUT2D eigenvalue weighted by molar-refractivity contribution is 0.414. The van der Waals surface area contributed by atoms with Crippen LogP contribution in [0.25, 0.3) is 16.6 Å². The third kappa shape index (κ3) is 3.31. The smallest absolute Gasteiger partial charge is 0.266 e. The normalized spacial score (nSPS) is 11.0. The maximum absolute atomic E-state index is 13.2. The van der Waals surface area contributed by atoms with Crippen molar-refractivity contribution in [2.45, 2.75) is 10.9 Å². The highest BCUT2D eigenvalue weighted by molar-refractivity contribution is 7.98. The molecular formula is C19H17N5O2S. The summed E-state index contributed by atoms with van der Waals surface area (Å²) in [6.45, 7) is 0. The van der Waals surface area contributed by atoms with Crippen molar-refractivity contribution in [3.05, 3.63) is 71.0 Å². The van der Waals surface area contributed by atoms with E-state index in [1.165, 1.54) is 18.1 Å². The van der Waals surface area contributed by atoms with E-state index in [4.69, 9.17) is 9.72 Å². The van der Waals surface area contributed by atoms with Gasteiger partial charge in [0.15, 0.2) is 5.16 Å². The number of aryl methyl sites for hydroxylation is 1. The van der Waals surface area contributed by atoms with E-state index in [2.05, 4.69) is 10.1 Å². The Kier molecular flexibility index (Phi) is 4.64. The van der Waals surface area contributed by atoms with Crippen LogP contribution in [-0.4, -0.2) is 31.4 Å². The molecule has 2 heterocycles. The quantitative estimate of drug-likeness (QED) is 0.392. The molecule has 4 aromatic rings. The molecule has 7 nitrogen and oxygen atoms in total. The molecule has 136 valence electrons. The summed E-state index contributed by atoms with van der Waals surface area (Å²) in [5.74, 6) is 2.03. The molecular weight excluding hydrogens is 362 g/mol. The van der Waals surface area contributed by atoms with Gasteiger partial charge >= 0.3 is 0 Å². The van der Waals surface area contributed by atoms with Crippen molar-refractivity contribution in [3.8, 4) is 11.4 Å². The van der Waals surface area contributed by atoms with Gasteiger partial charge in [0.05, 0.1) is 29.5 Å². The van der Waals surface area contributed by atoms with Crippen LogP contribution in [0.5, 0.6) is 5.75 Å². The topological polar surface area (TPSA) is 74.8 Å². The van der Waals surface area contributed by atoms with Gasteiger partial charge in [0.25, 0.3) is 5.56 Å². The lowest BCUT2D eigenvalue weighted by Crippen LogP contribution is -2.21. The van der Waals surface area contributed by atoms with E-state index in [9.17, 15) is 4.79 Å². The molecule has 0 aliphatic heterocycles. The molecule has 2 aromatic carbocycles. The summed E-state index contributed by atoms with van der Waals surface area (Å²) in [7, 11) is 3.44. The predicted molar refractivity (Wildman–Crippen MR) is 104 cm³/mol. The van der Waals surface area contributed by atoms with E-state index in [-0.39, 0.29) is 5.56 Å². The maximum atomic E-state index is 13.2. The lowest BCUT2D eigenvalue weighted by atomic mass is 10.2. The Labute approximate surface area is 159 Å². The molecule has 0 unspecified atom stereocenters. The third-order valence-electron chi connectivity index (χ3n) is 4.19. The number of para-hydroxylation sites is 1. The molecule has 27 heavy (non-hydrogen) atoms. The fraction of sp³-hybridized carbons (Fsp3) is 0.158. The lowest BCUT2D eigenvalue weighted by Gasteiger charge is -2.13. The molecule has 0 amide bonds. The predicted octanol–water partition coefficient (Wildman–Crippen LogP) is 2.82. The Balaban J connectivity index is 1.87. The van der Waals surface area contributed by atoms with Gasteiger partial charge in [-0.05, 0) is 24.3 Å². The van der Waals surface area contributed by atoms with Crippen molar-refractivity contribution in [2.75, 3.05) is 7.11 Å². The fourth-order valence-electron chi connectivity index (χ4n) is 2.77. The summed E-state index contributed by atoms with van der Waals surface area (Å²) >= 11 is 1.44. The van der Waals surface area contributed by atoms with Crippen LogP contribution >= 0.6 is 11.8 Å². The zero-order valence-corrected chi connectivity index (χ0v) is 15.7. The zero-order chi connectivity index (χ0) is 18.8. The molecule has 2 aromatic heterocycles. The number of methoxy groups -OCH3 is 1. The van der Waals surface area contributed by atoms with Gasteiger partial charge in [-0.25, -0.2) is 9.97 Å². The Morgan fingerprint density at radius 2 is 2.00 bits per heavy atom. The maximum Gasteiger partial charge on any atom is 0.266 e. The molecule has 8 heteroatoms. The van der Waals surface area contributed by atoms with Gasteiger partial charge in [-0.3, -0.25) is 14.0 Å². The molecule has 4 rings (SSSR count). The molecule has 0 atom stereocenters. The van der Waals surface area contributed by atoms with E-state index in [0.29, 0.717) is 33.2 Å². The van der Waals surface area contributed by atoms with Gasteiger partial charge in [-0.2, -0.15) is 5.10 Å². The first-order chi connectivity index (χ1) is 13.2. The van der Waals surface area contributed by atoms with Gasteiger partial charge in [-0.15, -0.1) is 0 Å². The van der Waals surface area contributed by atoms with Crippen molar-refractivity contribution in [1.29, 1.82) is 0 Å². The van der Waals surface area contributed by atoms with E-state index >= 15 is 0 Å². The van der Waals surface area contributed by atoms with E-state index in [0.717, 1.165) is 5.82 Å². The van der Waals surface area contributed by atoms with E-state index in [1.54, 1.807) is 22.4 Å². The summed E-state index contributed by atoms with van der Waals surface area (Å²) in [5, 5.41) is 5.25. The molecule has 0 aliphatic rings. The first kappa shape index (κ1) is 17.3. The van der Waals surface area contributed by atoms with Crippen molar-refractivity contribution in [1.82, 2.24) is 24.3 Å². The van der Waals surface area contributed by atoms with Crippen molar-refractivity contribution < 1.29 is 4.74 Å². The van der Waals surface area contributed by atoms with Gasteiger partial charge in [0, 0.05) is 13.1 Å². The van der Waals surface area contributed by atoms with Crippen molar-refractivity contribution in [2.24, 2.45) is 7.05 Å².